The van der Waals surface area contributed by atoms with Crippen molar-refractivity contribution in [2.24, 2.45) is 26.4 Å². The van der Waals surface area contributed by atoms with Crippen LogP contribution >= 0.6 is 0 Å². The fourth-order valence-corrected chi connectivity index (χ4v) is 3.56. The fraction of sp³-hybridized carbons (Fsp3) is 0. The molecule has 4 rings (SSSR count). The van der Waals surface area contributed by atoms with Crippen LogP contribution in [0.2, 0.25) is 0 Å². The second-order valence-electron chi connectivity index (χ2n) is 5.92. The Morgan fingerprint density at radius 2 is 1.79 bits per heavy atom. The lowest BCUT2D eigenvalue weighted by Gasteiger charge is -2.08. The Balaban J connectivity index is 1.91. The Kier molecular flexibility index (Phi) is 4.66. The summed E-state index contributed by atoms with van der Waals surface area (Å²) in [6.45, 7) is 0. The number of nitrogens with zero attached hydrogens (tertiary/aromatic N) is 6. The van der Waals surface area contributed by atoms with Gasteiger partial charge in [0.1, 0.15) is 27.5 Å². The van der Waals surface area contributed by atoms with Gasteiger partial charge in [0.05, 0.1) is 11.7 Å². The maximum absolute atomic E-state index is 11.9. The van der Waals surface area contributed by atoms with Crippen LogP contribution in [-0.2, 0) is 10.1 Å². The Morgan fingerprint density at radius 1 is 0.966 bits per heavy atom. The highest BCUT2D eigenvalue weighted by Crippen LogP contribution is 2.39. The van der Waals surface area contributed by atoms with Crippen LogP contribution in [0.15, 0.2) is 86.4 Å². The minimum absolute atomic E-state index is 0.0196. The summed E-state index contributed by atoms with van der Waals surface area (Å²) in [4.78, 5) is 8.05. The standard InChI is InChI=1S/C18H13N7O3S/c19-25-24-18-15(9-16(29(26,27)28)13-5-3-7-20-17(13)18)23-22-12-8-11-4-1-2-6-14(11)21-10-12/h1-10H,(H2,19,24)(H,26,27,28). The van der Waals surface area contributed by atoms with E-state index >= 15 is 0 Å². The Morgan fingerprint density at radius 3 is 2.59 bits per heavy atom. The smallest absolute Gasteiger partial charge is 0.295 e. The van der Waals surface area contributed by atoms with Crippen LogP contribution in [0.5, 0.6) is 0 Å². The van der Waals surface area contributed by atoms with Gasteiger partial charge in [-0.15, -0.1) is 15.3 Å². The summed E-state index contributed by atoms with van der Waals surface area (Å²) in [5.41, 5.74) is 1.53. The van der Waals surface area contributed by atoms with E-state index in [1.165, 1.54) is 24.5 Å². The molecule has 0 aliphatic rings. The first-order valence-electron chi connectivity index (χ1n) is 8.24. The Hall–Kier alpha value is -3.83. The van der Waals surface area contributed by atoms with Crippen LogP contribution in [0.3, 0.4) is 0 Å². The predicted octanol–water partition coefficient (Wildman–Crippen LogP) is 4.40. The normalized spacial score (nSPS) is 12.4. The lowest BCUT2D eigenvalue weighted by molar-refractivity contribution is 0.484. The summed E-state index contributed by atoms with van der Waals surface area (Å²) in [7, 11) is -4.55. The van der Waals surface area contributed by atoms with Gasteiger partial charge in [-0.3, -0.25) is 14.5 Å². The van der Waals surface area contributed by atoms with Gasteiger partial charge in [-0.05, 0) is 30.3 Å². The van der Waals surface area contributed by atoms with Gasteiger partial charge in [0.2, 0.25) is 0 Å². The van der Waals surface area contributed by atoms with Crippen molar-refractivity contribution in [1.82, 2.24) is 9.97 Å². The molecule has 0 saturated carbocycles. The molecule has 0 aliphatic carbocycles. The van der Waals surface area contributed by atoms with E-state index in [1.807, 2.05) is 24.3 Å². The summed E-state index contributed by atoms with van der Waals surface area (Å²) < 4.78 is 33.3. The van der Waals surface area contributed by atoms with Gasteiger partial charge in [-0.25, -0.2) is 0 Å². The molecule has 2 aromatic carbocycles. The van der Waals surface area contributed by atoms with Gasteiger partial charge in [0.25, 0.3) is 10.1 Å². The van der Waals surface area contributed by atoms with E-state index in [4.69, 9.17) is 5.84 Å². The van der Waals surface area contributed by atoms with Crippen molar-refractivity contribution in [2.75, 3.05) is 0 Å². The van der Waals surface area contributed by atoms with Crippen LogP contribution in [0.4, 0.5) is 17.1 Å². The molecule has 0 saturated heterocycles. The van der Waals surface area contributed by atoms with Crippen molar-refractivity contribution < 1.29 is 13.0 Å². The molecule has 0 aliphatic heterocycles. The van der Waals surface area contributed by atoms with Crippen molar-refractivity contribution in [3.8, 4) is 0 Å². The van der Waals surface area contributed by atoms with Gasteiger partial charge >= 0.3 is 0 Å². The van der Waals surface area contributed by atoms with Crippen LogP contribution < -0.4 is 5.84 Å². The average Bonchev–Trinajstić information content (AvgIpc) is 2.72. The van der Waals surface area contributed by atoms with Crippen LogP contribution in [-0.4, -0.2) is 22.9 Å². The summed E-state index contributed by atoms with van der Waals surface area (Å²) in [6, 6.07) is 13.4. The largest absolute Gasteiger partial charge is 0.305 e. The van der Waals surface area contributed by atoms with E-state index in [9.17, 15) is 13.0 Å². The lowest BCUT2D eigenvalue weighted by atomic mass is 10.1. The highest BCUT2D eigenvalue weighted by atomic mass is 32.2. The van der Waals surface area contributed by atoms with E-state index in [0.29, 0.717) is 5.69 Å². The highest BCUT2D eigenvalue weighted by molar-refractivity contribution is 7.86. The average molecular weight is 407 g/mol. The maximum Gasteiger partial charge on any atom is 0.295 e. The molecule has 0 bridgehead atoms. The molecule has 0 spiro atoms. The molecule has 0 unspecified atom stereocenters. The maximum atomic E-state index is 11.9. The Labute approximate surface area is 164 Å². The number of hydrogen-bond acceptors (Lipinski definition) is 8. The van der Waals surface area contributed by atoms with Gasteiger partial charge in [0.15, 0.2) is 0 Å². The molecule has 0 amide bonds. The zero-order valence-corrected chi connectivity index (χ0v) is 15.5. The predicted molar refractivity (Wildman–Crippen MR) is 106 cm³/mol. The van der Waals surface area contributed by atoms with Crippen LogP contribution in [0.25, 0.3) is 21.8 Å². The van der Waals surface area contributed by atoms with E-state index in [2.05, 4.69) is 30.5 Å². The quantitative estimate of drug-likeness (QED) is 0.221. The highest BCUT2D eigenvalue weighted by Gasteiger charge is 2.20. The molecule has 11 heteroatoms. The number of para-hydroxylation sites is 1. The third-order valence-corrected chi connectivity index (χ3v) is 4.99. The zero-order valence-electron chi connectivity index (χ0n) is 14.7. The molecule has 10 nitrogen and oxygen atoms in total. The molecule has 2 aromatic heterocycles. The topological polar surface area (TPSA) is 156 Å². The third-order valence-electron chi connectivity index (χ3n) is 4.09. The summed E-state index contributed by atoms with van der Waals surface area (Å²) in [6.07, 6.45) is 2.97. The minimum atomic E-state index is -4.55. The molecule has 3 N–H and O–H groups in total. The second kappa shape index (κ2) is 7.30. The van der Waals surface area contributed by atoms with Gasteiger partial charge in [-0.2, -0.15) is 8.42 Å². The van der Waals surface area contributed by atoms with E-state index in [1.54, 1.807) is 6.07 Å². The van der Waals surface area contributed by atoms with Crippen molar-refractivity contribution in [1.29, 1.82) is 0 Å². The summed E-state index contributed by atoms with van der Waals surface area (Å²) in [5.74, 6) is 5.19. The van der Waals surface area contributed by atoms with Crippen molar-refractivity contribution >= 4 is 49.0 Å². The fourth-order valence-electron chi connectivity index (χ4n) is 2.86. The monoisotopic (exact) mass is 407 g/mol. The number of benzene rings is 2. The summed E-state index contributed by atoms with van der Waals surface area (Å²) in [5, 5.41) is 16.3. The van der Waals surface area contributed by atoms with Crippen molar-refractivity contribution in [3.05, 3.63) is 60.9 Å². The zero-order chi connectivity index (χ0) is 20.4. The molecule has 0 atom stereocenters. The van der Waals surface area contributed by atoms with Gasteiger partial charge in [0, 0.05) is 17.0 Å². The van der Waals surface area contributed by atoms with Crippen molar-refractivity contribution in [2.45, 2.75) is 4.90 Å². The molecule has 144 valence electrons. The van der Waals surface area contributed by atoms with E-state index in [-0.39, 0.29) is 27.2 Å². The molecule has 4 aromatic rings. The number of aromatic nitrogens is 2. The molecule has 29 heavy (non-hydrogen) atoms. The van der Waals surface area contributed by atoms with Gasteiger partial charge in [-0.1, -0.05) is 23.4 Å². The molecule has 0 fully saturated rings. The van der Waals surface area contributed by atoms with Crippen LogP contribution in [0, 0.1) is 0 Å². The number of fused-ring (bicyclic) bond motifs is 2. The van der Waals surface area contributed by atoms with Crippen LogP contribution in [0.1, 0.15) is 0 Å². The number of azo groups is 1. The number of rotatable bonds is 4. The molecular weight excluding hydrogens is 394 g/mol. The van der Waals surface area contributed by atoms with Gasteiger partial charge < -0.3 is 5.84 Å². The second-order valence-corrected chi connectivity index (χ2v) is 7.31. The van der Waals surface area contributed by atoms with E-state index in [0.717, 1.165) is 17.0 Å². The lowest BCUT2D eigenvalue weighted by Crippen LogP contribution is -2.00. The first-order chi connectivity index (χ1) is 14.0. The molecule has 0 radical (unpaired) electrons. The SMILES string of the molecule is NN=Nc1c(N=Nc2cnc3ccccc3c2)cc(S(=O)(=O)O)c2cccnc12. The minimum Gasteiger partial charge on any atom is -0.305 e. The van der Waals surface area contributed by atoms with Crippen molar-refractivity contribution in [3.63, 3.8) is 0 Å². The Bertz CT molecular complexity index is 1400. The number of pyridine rings is 2. The first kappa shape index (κ1) is 18.5. The number of hydrogen-bond donors (Lipinski definition) is 2. The number of nitrogens with two attached hydrogens (primary N) is 1. The van der Waals surface area contributed by atoms with E-state index < -0.39 is 10.1 Å². The third kappa shape index (κ3) is 3.63. The first-order valence-corrected chi connectivity index (χ1v) is 9.68. The molecular formula is C18H13N7O3S. The molecule has 2 heterocycles. The summed E-state index contributed by atoms with van der Waals surface area (Å²) >= 11 is 0.